The van der Waals surface area contributed by atoms with Crippen molar-refractivity contribution in [2.45, 2.75) is 32.3 Å². The number of aliphatic carboxylic acids is 1. The number of carboxylic acids is 1. The van der Waals surface area contributed by atoms with Crippen LogP contribution >= 0.6 is 0 Å². The van der Waals surface area contributed by atoms with Crippen LogP contribution in [0.5, 0.6) is 5.75 Å². The lowest BCUT2D eigenvalue weighted by molar-refractivity contribution is -0.148. The first-order chi connectivity index (χ1) is 10.1. The van der Waals surface area contributed by atoms with Crippen LogP contribution < -0.4 is 4.74 Å². The standard InChI is InChI=1S/C16H21NO4/c1-2-14(21-13-6-4-3-5-7-13)16(20)17(11-15(18)19)10-12-8-9-12/h3-7,12,14H,2,8-11H2,1H3,(H,18,19). The molecule has 1 aliphatic carbocycles. The Morgan fingerprint density at radius 3 is 2.52 bits per heavy atom. The summed E-state index contributed by atoms with van der Waals surface area (Å²) in [4.78, 5) is 24.9. The maximum Gasteiger partial charge on any atom is 0.323 e. The molecular formula is C16H21NO4. The zero-order valence-electron chi connectivity index (χ0n) is 12.2. The number of benzene rings is 1. The fourth-order valence-electron chi connectivity index (χ4n) is 2.18. The third-order valence-corrected chi connectivity index (χ3v) is 3.48. The molecule has 5 heteroatoms. The van der Waals surface area contributed by atoms with Crippen LogP contribution in [0.15, 0.2) is 30.3 Å². The molecule has 1 saturated carbocycles. The van der Waals surface area contributed by atoms with Crippen molar-refractivity contribution in [1.82, 2.24) is 4.90 Å². The maximum absolute atomic E-state index is 12.5. The van der Waals surface area contributed by atoms with E-state index in [0.717, 1.165) is 12.8 Å². The van der Waals surface area contributed by atoms with Crippen LogP contribution in [-0.2, 0) is 9.59 Å². The SMILES string of the molecule is CCC(Oc1ccccc1)C(=O)N(CC(=O)O)CC1CC1. The number of carbonyl (C=O) groups excluding carboxylic acids is 1. The first-order valence-electron chi connectivity index (χ1n) is 7.32. The van der Waals surface area contributed by atoms with E-state index in [-0.39, 0.29) is 12.5 Å². The van der Waals surface area contributed by atoms with E-state index in [0.29, 0.717) is 24.6 Å². The van der Waals surface area contributed by atoms with Gasteiger partial charge in [0.15, 0.2) is 6.10 Å². The Hall–Kier alpha value is -2.04. The first-order valence-corrected chi connectivity index (χ1v) is 7.32. The van der Waals surface area contributed by atoms with E-state index in [1.165, 1.54) is 4.90 Å². The van der Waals surface area contributed by atoms with E-state index in [1.807, 2.05) is 25.1 Å². The van der Waals surface area contributed by atoms with E-state index in [2.05, 4.69) is 0 Å². The highest BCUT2D eigenvalue weighted by Gasteiger charge is 2.31. The van der Waals surface area contributed by atoms with Gasteiger partial charge < -0.3 is 14.7 Å². The van der Waals surface area contributed by atoms with Gasteiger partial charge in [0.2, 0.25) is 0 Å². The molecule has 5 nitrogen and oxygen atoms in total. The number of ether oxygens (including phenoxy) is 1. The topological polar surface area (TPSA) is 66.8 Å². The van der Waals surface area contributed by atoms with E-state index in [4.69, 9.17) is 9.84 Å². The highest BCUT2D eigenvalue weighted by molar-refractivity contribution is 5.85. The third kappa shape index (κ3) is 4.77. The van der Waals surface area contributed by atoms with Crippen LogP contribution in [-0.4, -0.2) is 41.1 Å². The molecule has 1 N–H and O–H groups in total. The molecule has 1 fully saturated rings. The number of amides is 1. The van der Waals surface area contributed by atoms with Gasteiger partial charge in [-0.3, -0.25) is 9.59 Å². The van der Waals surface area contributed by atoms with Crippen LogP contribution in [0.4, 0.5) is 0 Å². The molecule has 0 saturated heterocycles. The van der Waals surface area contributed by atoms with E-state index < -0.39 is 12.1 Å². The minimum Gasteiger partial charge on any atom is -0.481 e. The number of para-hydroxylation sites is 1. The Balaban J connectivity index is 2.02. The molecule has 1 aliphatic rings. The second-order valence-corrected chi connectivity index (χ2v) is 5.38. The van der Waals surface area contributed by atoms with Crippen LogP contribution in [0, 0.1) is 5.92 Å². The summed E-state index contributed by atoms with van der Waals surface area (Å²) in [5.74, 6) is -0.156. The summed E-state index contributed by atoms with van der Waals surface area (Å²) in [6, 6.07) is 9.13. The number of nitrogens with zero attached hydrogens (tertiary/aromatic N) is 1. The predicted octanol–water partition coefficient (Wildman–Crippen LogP) is 2.17. The molecule has 0 aromatic heterocycles. The van der Waals surface area contributed by atoms with E-state index in [9.17, 15) is 9.59 Å². The van der Waals surface area contributed by atoms with Crippen LogP contribution in [0.2, 0.25) is 0 Å². The van der Waals surface area contributed by atoms with Crippen molar-refractivity contribution in [2.75, 3.05) is 13.1 Å². The Kier molecular flexibility index (Phi) is 5.20. The fourth-order valence-corrected chi connectivity index (χ4v) is 2.18. The molecule has 0 bridgehead atoms. The highest BCUT2D eigenvalue weighted by atomic mass is 16.5. The van der Waals surface area contributed by atoms with Crippen molar-refractivity contribution in [2.24, 2.45) is 5.92 Å². The summed E-state index contributed by atoms with van der Waals surface area (Å²) in [5, 5.41) is 8.98. The summed E-state index contributed by atoms with van der Waals surface area (Å²) >= 11 is 0. The van der Waals surface area contributed by atoms with Gasteiger partial charge in [-0.1, -0.05) is 25.1 Å². The fraction of sp³-hybridized carbons (Fsp3) is 0.500. The largest absolute Gasteiger partial charge is 0.481 e. The smallest absolute Gasteiger partial charge is 0.323 e. The number of rotatable bonds is 8. The average Bonchev–Trinajstić information content (AvgIpc) is 3.28. The molecule has 0 heterocycles. The molecule has 114 valence electrons. The Morgan fingerprint density at radius 1 is 1.33 bits per heavy atom. The minimum absolute atomic E-state index is 0.240. The second-order valence-electron chi connectivity index (χ2n) is 5.38. The van der Waals surface area contributed by atoms with Crippen LogP contribution in [0.1, 0.15) is 26.2 Å². The van der Waals surface area contributed by atoms with Gasteiger partial charge in [-0.25, -0.2) is 0 Å². The molecule has 1 aromatic carbocycles. The predicted molar refractivity (Wildman–Crippen MR) is 78.1 cm³/mol. The Bertz CT molecular complexity index is 484. The summed E-state index contributed by atoms with van der Waals surface area (Å²) in [6.45, 7) is 2.12. The van der Waals surface area contributed by atoms with Gasteiger partial charge in [-0.2, -0.15) is 0 Å². The summed E-state index contributed by atoms with van der Waals surface area (Å²) in [6.07, 6.45) is 2.01. The summed E-state index contributed by atoms with van der Waals surface area (Å²) in [7, 11) is 0. The van der Waals surface area contributed by atoms with Gasteiger partial charge in [0.25, 0.3) is 5.91 Å². The van der Waals surface area contributed by atoms with Crippen molar-refractivity contribution in [1.29, 1.82) is 0 Å². The molecule has 2 rings (SSSR count). The van der Waals surface area contributed by atoms with Crippen LogP contribution in [0.3, 0.4) is 0 Å². The second kappa shape index (κ2) is 7.11. The maximum atomic E-state index is 12.5. The van der Waals surface area contributed by atoms with Gasteiger partial charge >= 0.3 is 5.97 Å². The molecular weight excluding hydrogens is 270 g/mol. The van der Waals surface area contributed by atoms with Crippen molar-refractivity contribution in [3.8, 4) is 5.75 Å². The Labute approximate surface area is 124 Å². The number of carbonyl (C=O) groups is 2. The average molecular weight is 291 g/mol. The van der Waals surface area contributed by atoms with E-state index >= 15 is 0 Å². The Morgan fingerprint density at radius 2 is 2.00 bits per heavy atom. The van der Waals surface area contributed by atoms with Gasteiger partial charge in [0.1, 0.15) is 12.3 Å². The number of hydrogen-bond acceptors (Lipinski definition) is 3. The lowest BCUT2D eigenvalue weighted by atomic mass is 10.2. The van der Waals surface area contributed by atoms with Crippen molar-refractivity contribution in [3.05, 3.63) is 30.3 Å². The van der Waals surface area contributed by atoms with Gasteiger partial charge in [0, 0.05) is 6.54 Å². The highest BCUT2D eigenvalue weighted by Crippen LogP contribution is 2.30. The first kappa shape index (κ1) is 15.4. The number of hydrogen-bond donors (Lipinski definition) is 1. The summed E-state index contributed by atoms with van der Waals surface area (Å²) in [5.41, 5.74) is 0. The van der Waals surface area contributed by atoms with Gasteiger partial charge in [-0.05, 0) is 37.3 Å². The zero-order valence-corrected chi connectivity index (χ0v) is 12.2. The molecule has 0 radical (unpaired) electrons. The summed E-state index contributed by atoms with van der Waals surface area (Å²) < 4.78 is 5.71. The van der Waals surface area contributed by atoms with Crippen molar-refractivity contribution in [3.63, 3.8) is 0 Å². The zero-order chi connectivity index (χ0) is 15.2. The minimum atomic E-state index is -0.987. The third-order valence-electron chi connectivity index (χ3n) is 3.48. The molecule has 0 aliphatic heterocycles. The lowest BCUT2D eigenvalue weighted by Crippen LogP contribution is -2.45. The van der Waals surface area contributed by atoms with Gasteiger partial charge in [0.05, 0.1) is 0 Å². The van der Waals surface area contributed by atoms with Crippen molar-refractivity contribution >= 4 is 11.9 Å². The molecule has 21 heavy (non-hydrogen) atoms. The molecule has 0 spiro atoms. The van der Waals surface area contributed by atoms with Gasteiger partial charge in [-0.15, -0.1) is 0 Å². The van der Waals surface area contributed by atoms with Crippen LogP contribution in [0.25, 0.3) is 0 Å². The molecule has 1 atom stereocenters. The number of carboxylic acid groups (broad SMARTS) is 1. The normalized spacial score (nSPS) is 15.3. The lowest BCUT2D eigenvalue weighted by Gasteiger charge is -2.26. The molecule has 1 aromatic rings. The van der Waals surface area contributed by atoms with Crippen molar-refractivity contribution < 1.29 is 19.4 Å². The van der Waals surface area contributed by atoms with E-state index in [1.54, 1.807) is 12.1 Å². The molecule has 1 unspecified atom stereocenters. The monoisotopic (exact) mass is 291 g/mol. The molecule has 1 amide bonds. The quantitative estimate of drug-likeness (QED) is 0.797.